The van der Waals surface area contributed by atoms with Gasteiger partial charge in [0, 0.05) is 10.4 Å². The quantitative estimate of drug-likeness (QED) is 0.795. The van der Waals surface area contributed by atoms with Crippen LogP contribution in [0, 0.1) is 5.92 Å². The molecule has 0 spiro atoms. The first kappa shape index (κ1) is 10.8. The minimum absolute atomic E-state index is 0.292. The Bertz CT molecular complexity index is 399. The topological polar surface area (TPSA) is 37.3 Å². The highest BCUT2D eigenvalue weighted by atomic mass is 79.9. The molecule has 1 aliphatic rings. The van der Waals surface area contributed by atoms with Crippen LogP contribution in [0.25, 0.3) is 0 Å². The van der Waals surface area contributed by atoms with Gasteiger partial charge in [-0.3, -0.25) is 0 Å². The highest BCUT2D eigenvalue weighted by Gasteiger charge is 2.38. The fourth-order valence-electron chi connectivity index (χ4n) is 2.23. The molecule has 80 valence electrons. The summed E-state index contributed by atoms with van der Waals surface area (Å²) in [4.78, 5) is 10.9. The minimum Gasteiger partial charge on any atom is -0.385 e. The lowest BCUT2D eigenvalue weighted by molar-refractivity contribution is -0.120. The average Bonchev–Trinajstić information content (AvgIpc) is 2.19. The van der Waals surface area contributed by atoms with Crippen molar-refractivity contribution in [2.45, 2.75) is 25.4 Å². The Morgan fingerprint density at radius 3 is 3.00 bits per heavy atom. The van der Waals surface area contributed by atoms with Gasteiger partial charge in [-0.1, -0.05) is 22.0 Å². The van der Waals surface area contributed by atoms with Crippen LogP contribution in [0.3, 0.4) is 0 Å². The van der Waals surface area contributed by atoms with Crippen molar-refractivity contribution in [1.29, 1.82) is 0 Å². The van der Waals surface area contributed by atoms with Gasteiger partial charge in [0.1, 0.15) is 6.29 Å². The molecule has 0 saturated heterocycles. The van der Waals surface area contributed by atoms with Gasteiger partial charge in [-0.15, -0.1) is 0 Å². The Balaban J connectivity index is 2.54. The van der Waals surface area contributed by atoms with Gasteiger partial charge in [-0.25, -0.2) is 0 Å². The Morgan fingerprint density at radius 2 is 2.33 bits per heavy atom. The summed E-state index contributed by atoms with van der Waals surface area (Å²) in [5.41, 5.74) is 0.987. The molecule has 2 nitrogen and oxygen atoms in total. The van der Waals surface area contributed by atoms with Crippen molar-refractivity contribution >= 4 is 22.2 Å². The number of carbonyl (C=O) groups excluding carboxylic acids is 1. The van der Waals surface area contributed by atoms with E-state index in [0.717, 1.165) is 34.7 Å². The van der Waals surface area contributed by atoms with Gasteiger partial charge < -0.3 is 9.90 Å². The molecule has 0 bridgehead atoms. The number of halogens is 1. The molecule has 0 radical (unpaired) electrons. The molecule has 1 aliphatic carbocycles. The monoisotopic (exact) mass is 268 g/mol. The van der Waals surface area contributed by atoms with Crippen LogP contribution in [0.15, 0.2) is 22.7 Å². The highest BCUT2D eigenvalue weighted by Crippen LogP contribution is 2.39. The normalized spacial score (nSPS) is 29.7. The third-order valence-corrected chi connectivity index (χ3v) is 3.72. The molecule has 0 fully saturated rings. The molecule has 0 aliphatic heterocycles. The van der Waals surface area contributed by atoms with Crippen molar-refractivity contribution in [3.63, 3.8) is 0 Å². The Kier molecular flexibility index (Phi) is 2.69. The number of fused-ring (bicyclic) bond motifs is 1. The number of carbonyl (C=O) groups is 1. The zero-order valence-electron chi connectivity index (χ0n) is 8.53. The predicted octanol–water partition coefficient (Wildman–Crippen LogP) is 2.42. The van der Waals surface area contributed by atoms with E-state index in [9.17, 15) is 9.90 Å². The fourth-order valence-corrected chi connectivity index (χ4v) is 2.59. The Hall–Kier alpha value is -0.670. The van der Waals surface area contributed by atoms with Gasteiger partial charge in [0.15, 0.2) is 0 Å². The van der Waals surface area contributed by atoms with Gasteiger partial charge in [0.2, 0.25) is 0 Å². The maximum absolute atomic E-state index is 10.9. The van der Waals surface area contributed by atoms with E-state index in [4.69, 9.17) is 0 Å². The van der Waals surface area contributed by atoms with Crippen LogP contribution < -0.4 is 0 Å². The van der Waals surface area contributed by atoms with Crippen LogP contribution in [0.5, 0.6) is 0 Å². The first-order chi connectivity index (χ1) is 7.05. The zero-order valence-corrected chi connectivity index (χ0v) is 10.1. The number of hydrogen-bond donors (Lipinski definition) is 1. The molecule has 0 aromatic heterocycles. The summed E-state index contributed by atoms with van der Waals surface area (Å²) in [5, 5.41) is 10.4. The highest BCUT2D eigenvalue weighted by molar-refractivity contribution is 9.10. The summed E-state index contributed by atoms with van der Waals surface area (Å²) in [6, 6.07) is 5.88. The number of aryl methyl sites for hydroxylation is 1. The predicted molar refractivity (Wildman–Crippen MR) is 61.6 cm³/mol. The van der Waals surface area contributed by atoms with Gasteiger partial charge >= 0.3 is 0 Å². The van der Waals surface area contributed by atoms with Crippen LogP contribution in [0.4, 0.5) is 0 Å². The van der Waals surface area contributed by atoms with E-state index in [1.165, 1.54) is 0 Å². The molecule has 0 heterocycles. The third-order valence-electron chi connectivity index (χ3n) is 3.23. The lowest BCUT2D eigenvalue weighted by Gasteiger charge is -2.36. The van der Waals surface area contributed by atoms with Crippen LogP contribution >= 0.6 is 15.9 Å². The van der Waals surface area contributed by atoms with Crippen molar-refractivity contribution < 1.29 is 9.90 Å². The van der Waals surface area contributed by atoms with E-state index in [-0.39, 0.29) is 5.92 Å². The van der Waals surface area contributed by atoms with E-state index in [1.807, 2.05) is 18.2 Å². The smallest absolute Gasteiger partial charge is 0.126 e. The van der Waals surface area contributed by atoms with E-state index in [1.54, 1.807) is 6.92 Å². The minimum atomic E-state index is -1.03. The van der Waals surface area contributed by atoms with Crippen molar-refractivity contribution in [3.8, 4) is 0 Å². The molecular weight excluding hydrogens is 256 g/mol. The summed E-state index contributed by atoms with van der Waals surface area (Å²) in [5.74, 6) is -0.292. The SMILES string of the molecule is C[C@@]1(O)c2cc(Br)ccc2CC[C@H]1C=O. The van der Waals surface area contributed by atoms with E-state index < -0.39 is 5.60 Å². The number of aldehydes is 1. The van der Waals surface area contributed by atoms with Crippen molar-refractivity contribution in [3.05, 3.63) is 33.8 Å². The fraction of sp³-hybridized carbons (Fsp3) is 0.417. The van der Waals surface area contributed by atoms with Gasteiger partial charge in [0.25, 0.3) is 0 Å². The Morgan fingerprint density at radius 1 is 1.60 bits per heavy atom. The molecule has 15 heavy (non-hydrogen) atoms. The lowest BCUT2D eigenvalue weighted by atomic mass is 9.73. The third kappa shape index (κ3) is 1.74. The van der Waals surface area contributed by atoms with Crippen molar-refractivity contribution in [2.75, 3.05) is 0 Å². The molecule has 2 rings (SSSR count). The summed E-state index contributed by atoms with van der Waals surface area (Å²) in [6.45, 7) is 1.72. The first-order valence-corrected chi connectivity index (χ1v) is 5.81. The summed E-state index contributed by atoms with van der Waals surface area (Å²) >= 11 is 3.38. The first-order valence-electron chi connectivity index (χ1n) is 5.02. The van der Waals surface area contributed by atoms with Gasteiger partial charge in [0.05, 0.1) is 5.60 Å². The molecule has 0 unspecified atom stereocenters. The van der Waals surface area contributed by atoms with Crippen LogP contribution in [0.1, 0.15) is 24.5 Å². The van der Waals surface area contributed by atoms with Gasteiger partial charge in [-0.2, -0.15) is 0 Å². The summed E-state index contributed by atoms with van der Waals surface area (Å²) in [7, 11) is 0. The maximum Gasteiger partial charge on any atom is 0.126 e. The molecule has 0 saturated carbocycles. The second-order valence-corrected chi connectivity index (χ2v) is 5.15. The Labute approximate surface area is 97.4 Å². The van der Waals surface area contributed by atoms with Gasteiger partial charge in [-0.05, 0) is 43.0 Å². The number of benzene rings is 1. The second-order valence-electron chi connectivity index (χ2n) is 4.23. The molecule has 1 N–H and O–H groups in total. The summed E-state index contributed by atoms with van der Waals surface area (Å²) < 4.78 is 0.938. The number of aliphatic hydroxyl groups is 1. The molecule has 2 atom stereocenters. The summed E-state index contributed by atoms with van der Waals surface area (Å²) in [6.07, 6.45) is 2.46. The number of rotatable bonds is 1. The molecule has 1 aromatic carbocycles. The molecule has 1 aromatic rings. The molecular formula is C12H13BrO2. The van der Waals surface area contributed by atoms with Crippen molar-refractivity contribution in [1.82, 2.24) is 0 Å². The van der Waals surface area contributed by atoms with E-state index in [2.05, 4.69) is 15.9 Å². The lowest BCUT2D eigenvalue weighted by Crippen LogP contribution is -2.37. The maximum atomic E-state index is 10.9. The standard InChI is InChI=1S/C12H13BrO2/c1-12(15)9(7-14)4-2-8-3-5-10(13)6-11(8)12/h3,5-7,9,15H,2,4H2,1H3/t9-,12-/m0/s1. The van der Waals surface area contributed by atoms with E-state index in [0.29, 0.717) is 0 Å². The van der Waals surface area contributed by atoms with Crippen LogP contribution in [-0.2, 0) is 16.8 Å². The van der Waals surface area contributed by atoms with Crippen LogP contribution in [0.2, 0.25) is 0 Å². The average molecular weight is 269 g/mol. The van der Waals surface area contributed by atoms with E-state index >= 15 is 0 Å². The van der Waals surface area contributed by atoms with Crippen LogP contribution in [-0.4, -0.2) is 11.4 Å². The second kappa shape index (κ2) is 3.72. The largest absolute Gasteiger partial charge is 0.385 e. The molecule has 3 heteroatoms. The zero-order chi connectivity index (χ0) is 11.1. The molecule has 0 amide bonds. The number of hydrogen-bond acceptors (Lipinski definition) is 2. The van der Waals surface area contributed by atoms with Crippen molar-refractivity contribution in [2.24, 2.45) is 5.92 Å².